The van der Waals surface area contributed by atoms with Gasteiger partial charge in [-0.3, -0.25) is 4.79 Å². The van der Waals surface area contributed by atoms with E-state index in [1.807, 2.05) is 5.38 Å². The van der Waals surface area contributed by atoms with E-state index in [1.165, 1.54) is 19.3 Å². The second-order valence-corrected chi connectivity index (χ2v) is 7.41. The Morgan fingerprint density at radius 2 is 2.04 bits per heavy atom. The Balaban J connectivity index is 0.00000242. The lowest BCUT2D eigenvalue weighted by atomic mass is 9.71. The summed E-state index contributed by atoms with van der Waals surface area (Å²) in [6, 6.07) is 0. The summed E-state index contributed by atoms with van der Waals surface area (Å²) >= 11 is 1.60. The summed E-state index contributed by atoms with van der Waals surface area (Å²) in [7, 11) is 0. The third-order valence-corrected chi connectivity index (χ3v) is 5.95. The number of carbonyl (C=O) groups is 1. The van der Waals surface area contributed by atoms with Crippen LogP contribution in [0, 0.1) is 5.41 Å². The summed E-state index contributed by atoms with van der Waals surface area (Å²) in [4.78, 5) is 16.9. The van der Waals surface area contributed by atoms with Crippen LogP contribution in [0.4, 0.5) is 0 Å². The number of halogens is 2. The topological polar surface area (TPSA) is 68.0 Å². The first kappa shape index (κ1) is 22.6. The fourth-order valence-corrected chi connectivity index (χ4v) is 4.06. The number of amides is 1. The van der Waals surface area contributed by atoms with Gasteiger partial charge in [0.25, 0.3) is 0 Å². The Labute approximate surface area is 155 Å². The van der Waals surface area contributed by atoms with E-state index in [2.05, 4.69) is 24.1 Å². The molecule has 1 aliphatic carbocycles. The quantitative estimate of drug-likeness (QED) is 0.781. The van der Waals surface area contributed by atoms with Gasteiger partial charge in [-0.1, -0.05) is 26.2 Å². The molecule has 3 N–H and O–H groups in total. The number of nitrogens with zero attached hydrogens (tertiary/aromatic N) is 1. The number of thiazole rings is 1. The van der Waals surface area contributed by atoms with E-state index < -0.39 is 0 Å². The van der Waals surface area contributed by atoms with Crippen LogP contribution in [0.2, 0.25) is 0 Å². The first-order valence-electron chi connectivity index (χ1n) is 7.95. The van der Waals surface area contributed by atoms with Crippen molar-refractivity contribution < 1.29 is 4.79 Å². The highest BCUT2D eigenvalue weighted by molar-refractivity contribution is 7.09. The van der Waals surface area contributed by atoms with E-state index in [0.29, 0.717) is 13.0 Å². The molecule has 1 aliphatic rings. The van der Waals surface area contributed by atoms with Gasteiger partial charge in [-0.05, 0) is 38.1 Å². The molecule has 1 saturated carbocycles. The van der Waals surface area contributed by atoms with Crippen molar-refractivity contribution in [3.05, 3.63) is 16.6 Å². The van der Waals surface area contributed by atoms with Crippen LogP contribution < -0.4 is 11.1 Å². The summed E-state index contributed by atoms with van der Waals surface area (Å²) in [5, 5.41) is 6.14. The number of hydrogen-bond acceptors (Lipinski definition) is 4. The molecule has 0 aliphatic heterocycles. The molecule has 1 amide bonds. The van der Waals surface area contributed by atoms with Crippen molar-refractivity contribution in [3.8, 4) is 0 Å². The molecule has 1 aromatic heterocycles. The minimum Gasteiger partial charge on any atom is -0.344 e. The number of aromatic nitrogens is 1. The maximum atomic E-state index is 12.6. The molecule has 0 saturated heterocycles. The van der Waals surface area contributed by atoms with Gasteiger partial charge in [0, 0.05) is 18.0 Å². The molecule has 134 valence electrons. The van der Waals surface area contributed by atoms with E-state index in [0.717, 1.165) is 24.3 Å². The molecule has 1 aromatic rings. The lowest BCUT2D eigenvalue weighted by molar-refractivity contribution is -0.125. The first-order valence-corrected chi connectivity index (χ1v) is 8.83. The molecule has 0 radical (unpaired) electrons. The van der Waals surface area contributed by atoms with Crippen molar-refractivity contribution in [2.24, 2.45) is 11.1 Å². The Morgan fingerprint density at radius 3 is 2.52 bits per heavy atom. The van der Waals surface area contributed by atoms with Gasteiger partial charge in [-0.2, -0.15) is 0 Å². The minimum atomic E-state index is -0.365. The third kappa shape index (κ3) is 5.59. The zero-order valence-corrected chi connectivity index (χ0v) is 16.4. The van der Waals surface area contributed by atoms with Crippen LogP contribution in [0.15, 0.2) is 11.6 Å². The van der Waals surface area contributed by atoms with Crippen LogP contribution in [0.3, 0.4) is 0 Å². The highest BCUT2D eigenvalue weighted by Crippen LogP contribution is 2.38. The summed E-state index contributed by atoms with van der Waals surface area (Å²) < 4.78 is 0. The molecule has 0 spiro atoms. The van der Waals surface area contributed by atoms with Gasteiger partial charge in [0.15, 0.2) is 0 Å². The van der Waals surface area contributed by atoms with E-state index in [1.54, 1.807) is 17.5 Å². The van der Waals surface area contributed by atoms with Crippen molar-refractivity contribution in [3.63, 3.8) is 0 Å². The molecule has 1 fully saturated rings. The smallest absolute Gasteiger partial charge is 0.221 e. The number of rotatable bonds is 6. The monoisotopic (exact) mass is 381 g/mol. The molecule has 2 rings (SSSR count). The summed E-state index contributed by atoms with van der Waals surface area (Å²) in [5.41, 5.74) is 5.64. The fraction of sp³-hybridized carbons (Fsp3) is 0.750. The molecule has 4 nitrogen and oxygen atoms in total. The second-order valence-electron chi connectivity index (χ2n) is 6.51. The van der Waals surface area contributed by atoms with Crippen molar-refractivity contribution in [1.82, 2.24) is 10.3 Å². The van der Waals surface area contributed by atoms with Crippen molar-refractivity contribution >= 4 is 42.1 Å². The first-order chi connectivity index (χ1) is 10.0. The summed E-state index contributed by atoms with van der Waals surface area (Å²) in [5.74, 6) is 0.113. The van der Waals surface area contributed by atoms with Crippen LogP contribution >= 0.6 is 36.2 Å². The van der Waals surface area contributed by atoms with Gasteiger partial charge < -0.3 is 11.1 Å². The zero-order chi connectivity index (χ0) is 15.3. The number of hydrogen-bond donors (Lipinski definition) is 2. The average Bonchev–Trinajstić information content (AvgIpc) is 3.03. The fourth-order valence-electron chi connectivity index (χ4n) is 3.24. The Morgan fingerprint density at radius 1 is 1.39 bits per heavy atom. The van der Waals surface area contributed by atoms with Gasteiger partial charge in [0.1, 0.15) is 5.01 Å². The molecule has 0 bridgehead atoms. The van der Waals surface area contributed by atoms with E-state index >= 15 is 0 Å². The average molecular weight is 382 g/mol. The summed E-state index contributed by atoms with van der Waals surface area (Å²) in [6.45, 7) is 4.75. The lowest BCUT2D eigenvalue weighted by Gasteiger charge is -2.37. The van der Waals surface area contributed by atoms with Crippen LogP contribution in [0.1, 0.15) is 63.8 Å². The number of nitrogens with one attached hydrogen (secondary N) is 1. The van der Waals surface area contributed by atoms with Gasteiger partial charge in [-0.25, -0.2) is 4.98 Å². The highest BCUT2D eigenvalue weighted by atomic mass is 35.5. The number of nitrogens with two attached hydrogens (primary N) is 1. The highest BCUT2D eigenvalue weighted by Gasteiger charge is 2.36. The van der Waals surface area contributed by atoms with Crippen LogP contribution in [0.5, 0.6) is 0 Å². The normalized spacial score (nSPS) is 18.9. The molecule has 1 unspecified atom stereocenters. The minimum absolute atomic E-state index is 0. The van der Waals surface area contributed by atoms with E-state index in [-0.39, 0.29) is 41.7 Å². The number of carbonyl (C=O) groups excluding carboxylic acids is 1. The van der Waals surface area contributed by atoms with E-state index in [4.69, 9.17) is 5.73 Å². The van der Waals surface area contributed by atoms with Crippen molar-refractivity contribution in [2.75, 3.05) is 6.54 Å². The SMILES string of the molecule is CCC(C)(NC(=O)CC1(CN)CCCCC1)c1nccs1.Cl.Cl. The predicted molar refractivity (Wildman–Crippen MR) is 102 cm³/mol. The Bertz CT molecular complexity index is 464. The molecule has 1 atom stereocenters. The van der Waals surface area contributed by atoms with Crippen LogP contribution in [0.25, 0.3) is 0 Å². The second kappa shape index (κ2) is 9.82. The molecule has 23 heavy (non-hydrogen) atoms. The molecular weight excluding hydrogens is 353 g/mol. The van der Waals surface area contributed by atoms with Gasteiger partial charge >= 0.3 is 0 Å². The molecule has 1 heterocycles. The van der Waals surface area contributed by atoms with Crippen molar-refractivity contribution in [1.29, 1.82) is 0 Å². The largest absolute Gasteiger partial charge is 0.344 e. The maximum Gasteiger partial charge on any atom is 0.221 e. The van der Waals surface area contributed by atoms with E-state index in [9.17, 15) is 4.79 Å². The Hall–Kier alpha value is -0.360. The maximum absolute atomic E-state index is 12.6. The predicted octanol–water partition coefficient (Wildman–Crippen LogP) is 4.03. The molecular formula is C16H29Cl2N3OS. The van der Waals surface area contributed by atoms with Crippen molar-refractivity contribution in [2.45, 2.75) is 64.3 Å². The lowest BCUT2D eigenvalue weighted by Crippen LogP contribution is -2.46. The van der Waals surface area contributed by atoms with Gasteiger partial charge in [-0.15, -0.1) is 36.2 Å². The van der Waals surface area contributed by atoms with Crippen LogP contribution in [-0.2, 0) is 10.3 Å². The molecule has 0 aromatic carbocycles. The Kier molecular flexibility index (Phi) is 9.67. The van der Waals surface area contributed by atoms with Gasteiger partial charge in [0.05, 0.1) is 5.54 Å². The van der Waals surface area contributed by atoms with Crippen LogP contribution in [-0.4, -0.2) is 17.4 Å². The zero-order valence-electron chi connectivity index (χ0n) is 14.0. The molecule has 7 heteroatoms. The standard InChI is InChI=1S/C16H27N3OS.2ClH/c1-3-15(2,14-18-9-10-21-14)19-13(20)11-16(12-17)7-5-4-6-8-16;;/h9-10H,3-8,11-12,17H2,1-2H3,(H,19,20);2*1H. The van der Waals surface area contributed by atoms with Gasteiger partial charge in [0.2, 0.25) is 5.91 Å². The third-order valence-electron chi connectivity index (χ3n) is 4.91. The summed E-state index contributed by atoms with van der Waals surface area (Å²) in [6.07, 6.45) is 9.00.